The zero-order valence-corrected chi connectivity index (χ0v) is 13.5. The Bertz CT molecular complexity index is 596. The maximum absolute atomic E-state index is 11.3. The van der Waals surface area contributed by atoms with Gasteiger partial charge < -0.3 is 20.2 Å². The van der Waals surface area contributed by atoms with Gasteiger partial charge in [-0.3, -0.25) is 4.79 Å². The average molecular weight is 316 g/mol. The average Bonchev–Trinajstić information content (AvgIpc) is 3.05. The zero-order chi connectivity index (χ0) is 16.5. The van der Waals surface area contributed by atoms with E-state index in [2.05, 4.69) is 12.2 Å². The zero-order valence-electron chi connectivity index (χ0n) is 13.5. The van der Waals surface area contributed by atoms with Gasteiger partial charge in [0.1, 0.15) is 11.5 Å². The molecule has 2 aromatic rings. The lowest BCUT2D eigenvalue weighted by molar-refractivity contribution is 0.0996. The molecule has 23 heavy (non-hydrogen) atoms. The number of hydrogen-bond acceptors (Lipinski definition) is 4. The van der Waals surface area contributed by atoms with E-state index >= 15 is 0 Å². The van der Waals surface area contributed by atoms with Gasteiger partial charge in [0.2, 0.25) is 0 Å². The lowest BCUT2D eigenvalue weighted by Crippen LogP contribution is -2.28. The fraction of sp³-hybridized carbons (Fsp3) is 0.389. The number of carbonyl (C=O) groups excluding carboxylic acids is 1. The lowest BCUT2D eigenvalue weighted by Gasteiger charge is -2.14. The molecule has 0 fully saturated rings. The van der Waals surface area contributed by atoms with E-state index in [1.54, 1.807) is 24.5 Å². The minimum atomic E-state index is -0.464. The summed E-state index contributed by atoms with van der Waals surface area (Å²) in [7, 11) is 0. The Morgan fingerprint density at radius 1 is 1.30 bits per heavy atom. The second-order valence-corrected chi connectivity index (χ2v) is 5.54. The minimum absolute atomic E-state index is 0.403. The number of rotatable bonds is 10. The first-order valence-corrected chi connectivity index (χ1v) is 7.94. The number of nitrogens with two attached hydrogens (primary N) is 1. The van der Waals surface area contributed by atoms with Crippen molar-refractivity contribution in [2.24, 2.45) is 5.73 Å². The van der Waals surface area contributed by atoms with Crippen LogP contribution >= 0.6 is 0 Å². The SMILES string of the molecule is CC(CCCOc1ccccc1C(N)=O)NCCc1ccco1. The predicted molar refractivity (Wildman–Crippen MR) is 89.6 cm³/mol. The summed E-state index contributed by atoms with van der Waals surface area (Å²) in [5, 5.41) is 3.46. The lowest BCUT2D eigenvalue weighted by atomic mass is 10.1. The Kier molecular flexibility index (Phi) is 6.69. The first-order chi connectivity index (χ1) is 11.2. The van der Waals surface area contributed by atoms with E-state index in [1.165, 1.54) is 0 Å². The van der Waals surface area contributed by atoms with Crippen molar-refractivity contribution in [1.82, 2.24) is 5.32 Å². The van der Waals surface area contributed by atoms with Crippen LogP contribution in [0, 0.1) is 0 Å². The third-order valence-electron chi connectivity index (χ3n) is 3.64. The summed E-state index contributed by atoms with van der Waals surface area (Å²) in [6.07, 6.45) is 4.48. The number of carbonyl (C=O) groups is 1. The van der Waals surface area contributed by atoms with E-state index in [9.17, 15) is 4.79 Å². The second kappa shape index (κ2) is 9.00. The van der Waals surface area contributed by atoms with E-state index in [4.69, 9.17) is 14.9 Å². The summed E-state index contributed by atoms with van der Waals surface area (Å²) in [4.78, 5) is 11.3. The molecule has 0 saturated carbocycles. The number of amides is 1. The van der Waals surface area contributed by atoms with Gasteiger partial charge in [0.15, 0.2) is 0 Å². The topological polar surface area (TPSA) is 77.5 Å². The quantitative estimate of drug-likeness (QED) is 0.661. The molecule has 1 aromatic carbocycles. The van der Waals surface area contributed by atoms with Gasteiger partial charge in [-0.05, 0) is 44.0 Å². The van der Waals surface area contributed by atoms with Crippen LogP contribution in [0.15, 0.2) is 47.1 Å². The largest absolute Gasteiger partial charge is 0.493 e. The molecule has 5 nitrogen and oxygen atoms in total. The van der Waals surface area contributed by atoms with Gasteiger partial charge in [-0.25, -0.2) is 0 Å². The maximum Gasteiger partial charge on any atom is 0.252 e. The van der Waals surface area contributed by atoms with E-state index in [1.807, 2.05) is 18.2 Å². The number of benzene rings is 1. The number of nitrogens with one attached hydrogen (secondary N) is 1. The van der Waals surface area contributed by atoms with Gasteiger partial charge >= 0.3 is 0 Å². The molecule has 1 atom stereocenters. The molecule has 1 heterocycles. The molecule has 1 unspecified atom stereocenters. The Hall–Kier alpha value is -2.27. The van der Waals surface area contributed by atoms with Crippen molar-refractivity contribution in [3.05, 3.63) is 54.0 Å². The van der Waals surface area contributed by atoms with Gasteiger partial charge in [0.05, 0.1) is 18.4 Å². The molecule has 0 radical (unpaired) electrons. The summed E-state index contributed by atoms with van der Waals surface area (Å²) in [5.74, 6) is 1.09. The molecule has 2 rings (SSSR count). The molecule has 0 aliphatic heterocycles. The van der Waals surface area contributed by atoms with Crippen molar-refractivity contribution in [1.29, 1.82) is 0 Å². The summed E-state index contributed by atoms with van der Waals surface area (Å²) < 4.78 is 11.0. The van der Waals surface area contributed by atoms with E-state index in [-0.39, 0.29) is 0 Å². The highest BCUT2D eigenvalue weighted by Gasteiger charge is 2.08. The Morgan fingerprint density at radius 3 is 2.87 bits per heavy atom. The third kappa shape index (κ3) is 5.79. The highest BCUT2D eigenvalue weighted by Crippen LogP contribution is 2.17. The molecule has 124 valence electrons. The number of primary amides is 1. The van der Waals surface area contributed by atoms with E-state index < -0.39 is 5.91 Å². The molecule has 0 bridgehead atoms. The van der Waals surface area contributed by atoms with Gasteiger partial charge in [-0.15, -0.1) is 0 Å². The van der Waals surface area contributed by atoms with Gasteiger partial charge in [-0.2, -0.15) is 0 Å². The van der Waals surface area contributed by atoms with Crippen molar-refractivity contribution in [3.8, 4) is 5.75 Å². The Labute approximate surface area is 136 Å². The smallest absolute Gasteiger partial charge is 0.252 e. The number of hydrogen-bond donors (Lipinski definition) is 2. The van der Waals surface area contributed by atoms with Crippen LogP contribution in [-0.2, 0) is 6.42 Å². The minimum Gasteiger partial charge on any atom is -0.493 e. The fourth-order valence-corrected chi connectivity index (χ4v) is 2.37. The molecule has 0 spiro atoms. The van der Waals surface area contributed by atoms with Crippen LogP contribution in [0.1, 0.15) is 35.9 Å². The molecule has 5 heteroatoms. The van der Waals surface area contributed by atoms with Crippen LogP contribution in [0.25, 0.3) is 0 Å². The standard InChI is InChI=1S/C18H24N2O3/c1-14(20-11-10-15-7-5-12-22-15)6-4-13-23-17-9-3-2-8-16(17)18(19)21/h2-3,5,7-9,12,14,20H,4,6,10-11,13H2,1H3,(H2,19,21). The molecule has 1 amide bonds. The first kappa shape index (κ1) is 17.1. The van der Waals surface area contributed by atoms with Crippen molar-refractivity contribution < 1.29 is 13.9 Å². The van der Waals surface area contributed by atoms with Crippen molar-refractivity contribution in [2.75, 3.05) is 13.2 Å². The predicted octanol–water partition coefficient (Wildman–Crippen LogP) is 2.76. The normalized spacial score (nSPS) is 12.0. The van der Waals surface area contributed by atoms with Crippen LogP contribution in [0.3, 0.4) is 0 Å². The number of para-hydroxylation sites is 1. The summed E-state index contributed by atoms with van der Waals surface area (Å²) in [5.41, 5.74) is 5.75. The van der Waals surface area contributed by atoms with Crippen LogP contribution in [0.4, 0.5) is 0 Å². The van der Waals surface area contributed by atoms with Gasteiger partial charge in [0, 0.05) is 19.0 Å². The van der Waals surface area contributed by atoms with Crippen LogP contribution in [0.2, 0.25) is 0 Å². The van der Waals surface area contributed by atoms with Crippen LogP contribution in [-0.4, -0.2) is 25.1 Å². The number of ether oxygens (including phenoxy) is 1. The van der Waals surface area contributed by atoms with Crippen LogP contribution < -0.4 is 15.8 Å². The van der Waals surface area contributed by atoms with Crippen molar-refractivity contribution in [3.63, 3.8) is 0 Å². The molecule has 0 aliphatic carbocycles. The molecular weight excluding hydrogens is 292 g/mol. The highest BCUT2D eigenvalue weighted by atomic mass is 16.5. The third-order valence-corrected chi connectivity index (χ3v) is 3.64. The van der Waals surface area contributed by atoms with E-state index in [0.717, 1.165) is 31.6 Å². The molecule has 3 N–H and O–H groups in total. The summed E-state index contributed by atoms with van der Waals surface area (Å²) >= 11 is 0. The monoisotopic (exact) mass is 316 g/mol. The summed E-state index contributed by atoms with van der Waals surface area (Å²) in [6, 6.07) is 11.3. The molecule has 1 aromatic heterocycles. The molecule has 0 saturated heterocycles. The van der Waals surface area contributed by atoms with E-state index in [0.29, 0.717) is 24.0 Å². The van der Waals surface area contributed by atoms with Crippen molar-refractivity contribution in [2.45, 2.75) is 32.2 Å². The summed E-state index contributed by atoms with van der Waals surface area (Å²) in [6.45, 7) is 3.61. The molecule has 0 aliphatic rings. The van der Waals surface area contributed by atoms with Crippen LogP contribution in [0.5, 0.6) is 5.75 Å². The second-order valence-electron chi connectivity index (χ2n) is 5.54. The van der Waals surface area contributed by atoms with Gasteiger partial charge in [0.25, 0.3) is 5.91 Å². The Morgan fingerprint density at radius 2 is 2.13 bits per heavy atom. The Balaban J connectivity index is 1.62. The molecular formula is C18H24N2O3. The highest BCUT2D eigenvalue weighted by molar-refractivity contribution is 5.95. The van der Waals surface area contributed by atoms with Gasteiger partial charge in [-0.1, -0.05) is 12.1 Å². The fourth-order valence-electron chi connectivity index (χ4n) is 2.37. The maximum atomic E-state index is 11.3. The van der Waals surface area contributed by atoms with Crippen molar-refractivity contribution >= 4 is 5.91 Å². The number of furan rings is 1. The first-order valence-electron chi connectivity index (χ1n) is 7.94.